The van der Waals surface area contributed by atoms with E-state index in [1.54, 1.807) is 12.3 Å². The van der Waals surface area contributed by atoms with Crippen molar-refractivity contribution < 1.29 is 14.7 Å². The number of carbonyl (C=O) groups excluding carboxylic acids is 2. The van der Waals surface area contributed by atoms with E-state index < -0.39 is 12.1 Å². The number of fused-ring (bicyclic) bond motifs is 1. The van der Waals surface area contributed by atoms with Gasteiger partial charge in [-0.2, -0.15) is 5.10 Å². The maximum atomic E-state index is 12.8. The fraction of sp³-hybridized carbons (Fsp3) is 0.250. The van der Waals surface area contributed by atoms with Crippen molar-refractivity contribution in [2.75, 3.05) is 11.9 Å². The number of hydrogen-bond donors (Lipinski definition) is 3. The van der Waals surface area contributed by atoms with E-state index in [0.29, 0.717) is 5.69 Å². The Morgan fingerprint density at radius 2 is 2.04 bits per heavy atom. The number of halogens is 1. The minimum absolute atomic E-state index is 0.161. The third kappa shape index (κ3) is 3.93. The number of aliphatic hydroxyl groups is 1. The van der Waals surface area contributed by atoms with Crippen molar-refractivity contribution in [3.05, 3.63) is 58.7 Å². The number of carbonyl (C=O) groups is 2. The molecule has 2 heterocycles. The van der Waals surface area contributed by atoms with E-state index in [9.17, 15) is 14.7 Å². The number of aromatic amines is 1. The van der Waals surface area contributed by atoms with Crippen LogP contribution in [0, 0.1) is 0 Å². The normalized spacial score (nSPS) is 19.1. The lowest BCUT2D eigenvalue weighted by Gasteiger charge is -2.24. The van der Waals surface area contributed by atoms with Gasteiger partial charge in [0.1, 0.15) is 6.04 Å². The summed E-state index contributed by atoms with van der Waals surface area (Å²) >= 11 is 3.37. The molecule has 3 aromatic rings. The molecule has 1 aromatic heterocycles. The number of benzene rings is 2. The molecule has 2 amide bonds. The van der Waals surface area contributed by atoms with Gasteiger partial charge in [-0.25, -0.2) is 0 Å². The van der Waals surface area contributed by atoms with Crippen molar-refractivity contribution in [3.63, 3.8) is 0 Å². The van der Waals surface area contributed by atoms with Crippen molar-refractivity contribution in [3.8, 4) is 0 Å². The van der Waals surface area contributed by atoms with Gasteiger partial charge in [-0.15, -0.1) is 0 Å². The topological polar surface area (TPSA) is 98.3 Å². The largest absolute Gasteiger partial charge is 0.391 e. The number of anilines is 1. The minimum atomic E-state index is -0.707. The maximum absolute atomic E-state index is 12.8. The molecule has 28 heavy (non-hydrogen) atoms. The van der Waals surface area contributed by atoms with Crippen LogP contribution in [-0.2, 0) is 16.0 Å². The molecule has 2 atom stereocenters. The van der Waals surface area contributed by atoms with E-state index in [0.717, 1.165) is 20.9 Å². The predicted molar refractivity (Wildman–Crippen MR) is 109 cm³/mol. The second-order valence-electron chi connectivity index (χ2n) is 6.92. The number of H-pyrrole nitrogens is 1. The standard InChI is InChI=1S/C20H19BrN4O3/c21-14-3-1-12(2-4-14)7-19(27)25-11-16(26)9-18(25)20(28)23-15-5-6-17-13(8-15)10-22-24-17/h1-6,8,10,16,18,26H,7,9,11H2,(H,22,24)(H,23,28)/t16-,18-/m1/s1. The van der Waals surface area contributed by atoms with Gasteiger partial charge < -0.3 is 15.3 Å². The number of hydrogen-bond acceptors (Lipinski definition) is 4. The average molecular weight is 443 g/mol. The summed E-state index contributed by atoms with van der Waals surface area (Å²) in [5.74, 6) is -0.479. The van der Waals surface area contributed by atoms with Crippen molar-refractivity contribution >= 4 is 44.3 Å². The van der Waals surface area contributed by atoms with Crippen LogP contribution in [0.4, 0.5) is 5.69 Å². The quantitative estimate of drug-likeness (QED) is 0.577. The minimum Gasteiger partial charge on any atom is -0.391 e. The maximum Gasteiger partial charge on any atom is 0.247 e. The van der Waals surface area contributed by atoms with Crippen LogP contribution in [0.15, 0.2) is 53.1 Å². The number of nitrogens with one attached hydrogen (secondary N) is 2. The van der Waals surface area contributed by atoms with Gasteiger partial charge in [-0.1, -0.05) is 28.1 Å². The third-order valence-electron chi connectivity index (χ3n) is 4.88. The fourth-order valence-electron chi connectivity index (χ4n) is 3.46. The SMILES string of the molecule is O=C(Nc1ccc2[nH]ncc2c1)[C@H]1C[C@@H](O)CN1C(=O)Cc1ccc(Br)cc1. The highest BCUT2D eigenvalue weighted by atomic mass is 79.9. The van der Waals surface area contributed by atoms with E-state index in [2.05, 4.69) is 31.4 Å². The Morgan fingerprint density at radius 3 is 2.82 bits per heavy atom. The first-order valence-electron chi connectivity index (χ1n) is 8.95. The van der Waals surface area contributed by atoms with Crippen LogP contribution in [0.25, 0.3) is 10.9 Å². The molecule has 1 aliphatic rings. The first-order chi connectivity index (χ1) is 13.5. The molecule has 0 unspecified atom stereocenters. The molecule has 144 valence electrons. The number of likely N-dealkylation sites (tertiary alicyclic amines) is 1. The molecule has 0 spiro atoms. The van der Waals surface area contributed by atoms with E-state index in [1.807, 2.05) is 36.4 Å². The van der Waals surface area contributed by atoms with Gasteiger partial charge in [0.15, 0.2) is 0 Å². The van der Waals surface area contributed by atoms with Crippen molar-refractivity contribution in [1.29, 1.82) is 0 Å². The van der Waals surface area contributed by atoms with Gasteiger partial charge in [0.25, 0.3) is 0 Å². The van der Waals surface area contributed by atoms with Crippen LogP contribution in [0.1, 0.15) is 12.0 Å². The molecule has 4 rings (SSSR count). The summed E-state index contributed by atoms with van der Waals surface area (Å²) in [5.41, 5.74) is 2.36. The van der Waals surface area contributed by atoms with Crippen LogP contribution in [0.5, 0.6) is 0 Å². The average Bonchev–Trinajstić information content (AvgIpc) is 3.29. The third-order valence-corrected chi connectivity index (χ3v) is 5.41. The zero-order chi connectivity index (χ0) is 19.7. The summed E-state index contributed by atoms with van der Waals surface area (Å²) < 4.78 is 0.937. The van der Waals surface area contributed by atoms with E-state index >= 15 is 0 Å². The molecule has 7 nitrogen and oxygen atoms in total. The van der Waals surface area contributed by atoms with Crippen molar-refractivity contribution in [2.45, 2.75) is 25.0 Å². The van der Waals surface area contributed by atoms with Crippen LogP contribution in [-0.4, -0.2) is 50.7 Å². The molecule has 3 N–H and O–H groups in total. The molecular formula is C20H19BrN4O3. The van der Waals surface area contributed by atoms with Crippen LogP contribution >= 0.6 is 15.9 Å². The first kappa shape index (κ1) is 18.6. The molecule has 1 fully saturated rings. The van der Waals surface area contributed by atoms with Crippen molar-refractivity contribution in [1.82, 2.24) is 15.1 Å². The molecule has 0 aliphatic carbocycles. The summed E-state index contributed by atoms with van der Waals surface area (Å²) in [4.78, 5) is 27.0. The van der Waals surface area contributed by atoms with Crippen LogP contribution in [0.2, 0.25) is 0 Å². The number of rotatable bonds is 4. The summed E-state index contributed by atoms with van der Waals surface area (Å²) in [6, 6.07) is 12.2. The van der Waals surface area contributed by atoms with E-state index in [4.69, 9.17) is 0 Å². The van der Waals surface area contributed by atoms with Gasteiger partial charge >= 0.3 is 0 Å². The molecule has 1 aliphatic heterocycles. The molecule has 0 bridgehead atoms. The molecule has 1 saturated heterocycles. The molecule has 2 aromatic carbocycles. The Morgan fingerprint density at radius 1 is 1.25 bits per heavy atom. The van der Waals surface area contributed by atoms with Crippen LogP contribution in [0.3, 0.4) is 0 Å². The van der Waals surface area contributed by atoms with Crippen molar-refractivity contribution in [2.24, 2.45) is 0 Å². The fourth-order valence-corrected chi connectivity index (χ4v) is 3.73. The molecule has 0 radical (unpaired) electrons. The van der Waals surface area contributed by atoms with Gasteiger partial charge in [0.2, 0.25) is 11.8 Å². The Kier molecular flexibility index (Phi) is 5.15. The lowest BCUT2D eigenvalue weighted by molar-refractivity contribution is -0.136. The monoisotopic (exact) mass is 442 g/mol. The van der Waals surface area contributed by atoms with Gasteiger partial charge in [0.05, 0.1) is 24.2 Å². The highest BCUT2D eigenvalue weighted by Crippen LogP contribution is 2.23. The Hall–Kier alpha value is -2.71. The number of aromatic nitrogens is 2. The van der Waals surface area contributed by atoms with Crippen LogP contribution < -0.4 is 5.32 Å². The zero-order valence-corrected chi connectivity index (χ0v) is 16.5. The summed E-state index contributed by atoms with van der Waals surface area (Å²) in [5, 5.41) is 20.6. The Balaban J connectivity index is 1.47. The predicted octanol–water partition coefficient (Wildman–Crippen LogP) is 2.47. The number of nitrogens with zero attached hydrogens (tertiary/aromatic N) is 2. The first-order valence-corrected chi connectivity index (χ1v) is 9.75. The number of β-amino-alcohol motifs (C(OH)–C–C–N with tert-alkyl or cyclic N) is 1. The molecule has 0 saturated carbocycles. The van der Waals surface area contributed by atoms with Gasteiger partial charge in [-0.3, -0.25) is 14.7 Å². The van der Waals surface area contributed by atoms with E-state index in [1.165, 1.54) is 4.90 Å². The number of aliphatic hydroxyl groups excluding tert-OH is 1. The second-order valence-corrected chi connectivity index (χ2v) is 7.83. The Bertz CT molecular complexity index is 1020. The lowest BCUT2D eigenvalue weighted by atomic mass is 10.1. The molecule has 8 heteroatoms. The van der Waals surface area contributed by atoms with Gasteiger partial charge in [-0.05, 0) is 35.9 Å². The smallest absolute Gasteiger partial charge is 0.247 e. The Labute approximate surface area is 169 Å². The summed E-state index contributed by atoms with van der Waals surface area (Å²) in [7, 11) is 0. The lowest BCUT2D eigenvalue weighted by Crippen LogP contribution is -2.43. The molecular weight excluding hydrogens is 424 g/mol. The zero-order valence-electron chi connectivity index (χ0n) is 14.9. The second kappa shape index (κ2) is 7.73. The van der Waals surface area contributed by atoms with E-state index in [-0.39, 0.29) is 31.2 Å². The van der Waals surface area contributed by atoms with Gasteiger partial charge in [0, 0.05) is 28.5 Å². The summed E-state index contributed by atoms with van der Waals surface area (Å²) in [6.07, 6.45) is 1.38. The highest BCUT2D eigenvalue weighted by molar-refractivity contribution is 9.10. The number of amides is 2. The highest BCUT2D eigenvalue weighted by Gasteiger charge is 2.38. The summed E-state index contributed by atoms with van der Waals surface area (Å²) in [6.45, 7) is 0.161.